The molecule has 0 heterocycles. The normalized spacial score (nSPS) is 14.5. The van der Waals surface area contributed by atoms with Crippen molar-refractivity contribution in [3.05, 3.63) is 58.6 Å². The average molecular weight is 794 g/mol. The summed E-state index contributed by atoms with van der Waals surface area (Å²) in [7, 11) is 0. The van der Waals surface area contributed by atoms with Crippen molar-refractivity contribution >= 4 is 64.4 Å². The summed E-state index contributed by atoms with van der Waals surface area (Å²) in [6, 6.07) is 14.1. The molecule has 298 valence electrons. The first-order valence-electron chi connectivity index (χ1n) is 15.8. The summed E-state index contributed by atoms with van der Waals surface area (Å²) in [5.41, 5.74) is 24.8. The predicted octanol–water partition coefficient (Wildman–Crippen LogP) is -1.82. The topological polar surface area (TPSA) is 377 Å². The van der Waals surface area contributed by atoms with Gasteiger partial charge >= 0.3 is 5.97 Å². The Kier molecular flexibility index (Phi) is 25.9. The number of carboxylic acids is 1. The van der Waals surface area contributed by atoms with Gasteiger partial charge in [-0.25, -0.2) is 4.79 Å². The lowest BCUT2D eigenvalue weighted by molar-refractivity contribution is -0.164. The fourth-order valence-electron chi connectivity index (χ4n) is 3.43. The molecule has 20 nitrogen and oxygen atoms in total. The number of hydrogen-bond acceptors (Lipinski definition) is 11. The highest BCUT2D eigenvalue weighted by molar-refractivity contribution is 6.31. The van der Waals surface area contributed by atoms with Crippen molar-refractivity contribution in [2.45, 2.75) is 56.2 Å². The van der Waals surface area contributed by atoms with E-state index < -0.39 is 43.1 Å². The van der Waals surface area contributed by atoms with E-state index in [1.807, 2.05) is 0 Å². The van der Waals surface area contributed by atoms with Gasteiger partial charge in [0.15, 0.2) is 6.10 Å². The molecule has 53 heavy (non-hydrogen) atoms. The van der Waals surface area contributed by atoms with Gasteiger partial charge in [0.1, 0.15) is 24.4 Å². The molecule has 0 amide bonds. The second-order valence-electron chi connectivity index (χ2n) is 10.7. The van der Waals surface area contributed by atoms with Gasteiger partial charge in [-0.15, -0.1) is 0 Å². The highest BCUT2D eigenvalue weighted by atomic mass is 35.5. The number of aliphatic carboxylic acids is 1. The highest BCUT2D eigenvalue weighted by Gasteiger charge is 2.33. The molecule has 0 radical (unpaired) electrons. The van der Waals surface area contributed by atoms with Crippen LogP contribution in [0.5, 0.6) is 0 Å². The molecule has 22 heteroatoms. The maximum Gasteiger partial charge on any atom is 0.335 e. The summed E-state index contributed by atoms with van der Waals surface area (Å²) in [6.07, 6.45) is -5.11. The van der Waals surface area contributed by atoms with Gasteiger partial charge in [0, 0.05) is 34.5 Å². The van der Waals surface area contributed by atoms with Gasteiger partial charge in [-0.05, 0) is 61.4 Å². The zero-order chi connectivity index (χ0) is 40.3. The Balaban J connectivity index is 0.00000117. The predicted molar refractivity (Wildman–Crippen MR) is 204 cm³/mol. The van der Waals surface area contributed by atoms with Crippen LogP contribution in [0, 0.1) is 0 Å². The van der Waals surface area contributed by atoms with Gasteiger partial charge in [-0.1, -0.05) is 36.0 Å². The maximum absolute atomic E-state index is 10.1. The zero-order valence-electron chi connectivity index (χ0n) is 28.7. The van der Waals surface area contributed by atoms with Crippen molar-refractivity contribution in [2.75, 3.05) is 43.5 Å². The number of nitrogens with two attached hydrogens (primary N) is 4. The van der Waals surface area contributed by atoms with Crippen LogP contribution < -0.4 is 33.6 Å². The number of guanidine groups is 4. The largest absolute Gasteiger partial charge is 0.479 e. The number of carboxylic acid groups (broad SMARTS) is 1. The maximum atomic E-state index is 10.1. The van der Waals surface area contributed by atoms with Crippen LogP contribution >= 0.6 is 23.2 Å². The number of unbranched alkanes of at least 4 members (excludes halogenated alkanes) is 3. The molecule has 0 spiro atoms. The molecule has 0 aromatic heterocycles. The molecule has 4 atom stereocenters. The number of anilines is 2. The molecule has 2 aromatic rings. The van der Waals surface area contributed by atoms with Crippen LogP contribution in [0.2, 0.25) is 10.0 Å². The van der Waals surface area contributed by atoms with E-state index in [9.17, 15) is 4.79 Å². The number of aliphatic hydroxyl groups excluding tert-OH is 8. The van der Waals surface area contributed by atoms with Gasteiger partial charge in [0.05, 0.1) is 19.8 Å². The molecule has 0 aliphatic heterocycles. The van der Waals surface area contributed by atoms with Gasteiger partial charge in [-0.2, -0.15) is 9.98 Å². The van der Waals surface area contributed by atoms with Crippen molar-refractivity contribution in [2.24, 2.45) is 42.9 Å². The first-order valence-corrected chi connectivity index (χ1v) is 16.6. The summed E-state index contributed by atoms with van der Waals surface area (Å²) in [6.45, 7) is -0.449. The third-order valence-electron chi connectivity index (χ3n) is 6.25. The smallest absolute Gasteiger partial charge is 0.335 e. The zero-order valence-corrected chi connectivity index (χ0v) is 30.2. The van der Waals surface area contributed by atoms with Crippen LogP contribution in [-0.4, -0.2) is 139 Å². The van der Waals surface area contributed by atoms with E-state index in [0.29, 0.717) is 23.1 Å². The van der Waals surface area contributed by atoms with E-state index in [4.69, 9.17) is 92.1 Å². The van der Waals surface area contributed by atoms with Crippen molar-refractivity contribution in [3.63, 3.8) is 0 Å². The van der Waals surface area contributed by atoms with Crippen LogP contribution in [-0.2, 0) is 4.79 Å². The lowest BCUT2D eigenvalue weighted by Gasteiger charge is -2.23. The minimum absolute atomic E-state index is 0.124. The summed E-state index contributed by atoms with van der Waals surface area (Å²) < 4.78 is 0. The Hall–Kier alpha value is -4.35. The molecule has 2 rings (SSSR count). The SMILES string of the molecule is NC(=NCCCCCCN=C(N)N=C(N)Nc1ccc(Cl)cc1)N=C(N)Nc1ccc(Cl)cc1.O=C(O)[C@H](O)[C@@H](O)[C@H](O)[C@H](O)CO.OCC(O)CO. The lowest BCUT2D eigenvalue weighted by atomic mass is 10.0. The van der Waals surface area contributed by atoms with Crippen LogP contribution in [0.25, 0.3) is 0 Å². The van der Waals surface area contributed by atoms with E-state index in [2.05, 4.69) is 30.6 Å². The summed E-state index contributed by atoms with van der Waals surface area (Å²) >= 11 is 11.7. The van der Waals surface area contributed by atoms with Crippen LogP contribution in [0.15, 0.2) is 68.5 Å². The van der Waals surface area contributed by atoms with Gasteiger partial charge in [0.25, 0.3) is 0 Å². The molecular weight excluding hydrogens is 743 g/mol. The molecule has 0 aliphatic rings. The van der Waals surface area contributed by atoms with E-state index in [0.717, 1.165) is 37.1 Å². The number of carbonyl (C=O) groups is 1. The molecule has 2 aromatic carbocycles. The average Bonchev–Trinajstić information content (AvgIpc) is 3.13. The van der Waals surface area contributed by atoms with Crippen LogP contribution in [0.4, 0.5) is 11.4 Å². The summed E-state index contributed by atoms with van der Waals surface area (Å²) in [5, 5.41) is 82.9. The molecule has 0 aliphatic carbocycles. The highest BCUT2D eigenvalue weighted by Crippen LogP contribution is 2.14. The lowest BCUT2D eigenvalue weighted by Crippen LogP contribution is -2.48. The molecule has 19 N–H and O–H groups in total. The molecule has 0 fully saturated rings. The van der Waals surface area contributed by atoms with Crippen molar-refractivity contribution in [1.29, 1.82) is 0 Å². The Labute approximate surface area is 315 Å². The Morgan fingerprint density at radius 3 is 1.30 bits per heavy atom. The Morgan fingerprint density at radius 1 is 0.623 bits per heavy atom. The quantitative estimate of drug-likeness (QED) is 0.0505. The standard InChI is InChI=1S/C22H30Cl2N10.C6H12O7.C3H8O3/c23-15-5-9-17(10-6-15)31-21(27)33-19(25)29-13-3-1-2-4-14-30-20(26)34-22(28)32-18-11-7-16(24)8-12-18;7-1-2(8)3(9)4(10)5(11)6(12)13;4-1-3(6)2-5/h5-12H,1-4,13-14H2,(H5,25,27,29,31,33)(H5,26,28,30,32,34);2-5,7-11H,1H2,(H,12,13);3-6H,1-2H2/t;2-,3-,4+,5-;/m.1./s1. The van der Waals surface area contributed by atoms with Crippen molar-refractivity contribution in [3.8, 4) is 0 Å². The number of hydrogen-bond donors (Lipinski definition) is 15. The fraction of sp³-hybridized carbons (Fsp3) is 0.452. The van der Waals surface area contributed by atoms with Gasteiger partial charge in [-0.3, -0.25) is 9.98 Å². The van der Waals surface area contributed by atoms with Crippen molar-refractivity contribution < 1.29 is 50.8 Å². The molecule has 0 unspecified atom stereocenters. The van der Waals surface area contributed by atoms with Crippen LogP contribution in [0.1, 0.15) is 25.7 Å². The van der Waals surface area contributed by atoms with E-state index in [1.165, 1.54) is 0 Å². The van der Waals surface area contributed by atoms with E-state index in [1.54, 1.807) is 48.5 Å². The summed E-state index contributed by atoms with van der Waals surface area (Å²) in [4.78, 5) is 26.6. The number of nitrogens with zero attached hydrogens (tertiary/aromatic N) is 4. The fourth-order valence-corrected chi connectivity index (χ4v) is 3.68. The number of benzene rings is 2. The molecule has 0 saturated heterocycles. The number of nitrogens with one attached hydrogen (secondary N) is 2. The van der Waals surface area contributed by atoms with E-state index in [-0.39, 0.29) is 37.1 Å². The Bertz CT molecular complexity index is 1350. The minimum atomic E-state index is -2.20. The van der Waals surface area contributed by atoms with E-state index >= 15 is 0 Å². The number of aliphatic imine (C=N–C) groups is 4. The number of rotatable bonds is 16. The molecule has 0 saturated carbocycles. The first-order chi connectivity index (χ1) is 25.0. The third-order valence-corrected chi connectivity index (χ3v) is 6.75. The second-order valence-corrected chi connectivity index (χ2v) is 11.6. The monoisotopic (exact) mass is 792 g/mol. The molecular formula is C31H50Cl2N10O10. The number of halogens is 2. The second kappa shape index (κ2) is 28.2. The third kappa shape index (κ3) is 23.8. The van der Waals surface area contributed by atoms with Crippen LogP contribution in [0.3, 0.4) is 0 Å². The molecule has 0 bridgehead atoms. The minimum Gasteiger partial charge on any atom is -0.479 e. The van der Waals surface area contributed by atoms with Crippen molar-refractivity contribution in [1.82, 2.24) is 0 Å². The summed E-state index contributed by atoms with van der Waals surface area (Å²) in [5.74, 6) is -1.16. The first kappa shape index (κ1) is 48.6. The Morgan fingerprint density at radius 2 is 1.00 bits per heavy atom. The van der Waals surface area contributed by atoms with Gasteiger partial charge in [0.2, 0.25) is 23.8 Å². The van der Waals surface area contributed by atoms with Gasteiger partial charge < -0.3 is 79.5 Å². The number of aliphatic hydroxyl groups is 8.